The Morgan fingerprint density at radius 2 is 1.86 bits per heavy atom. The fourth-order valence-electron chi connectivity index (χ4n) is 1.12. The molecule has 0 amide bonds. The lowest BCUT2D eigenvalue weighted by molar-refractivity contribution is 1.13. The van der Waals surface area contributed by atoms with Gasteiger partial charge in [-0.2, -0.15) is 0 Å². The van der Waals surface area contributed by atoms with Crippen molar-refractivity contribution in [3.05, 3.63) is 51.4 Å². The first-order valence-corrected chi connectivity index (χ1v) is 4.86. The molecule has 70 valence electrons. The van der Waals surface area contributed by atoms with Gasteiger partial charge in [-0.25, -0.2) is 4.98 Å². The first-order valence-electron chi connectivity index (χ1n) is 4.07. The van der Waals surface area contributed by atoms with Gasteiger partial charge in [0.25, 0.3) is 5.56 Å². The van der Waals surface area contributed by atoms with E-state index in [1.54, 1.807) is 0 Å². The van der Waals surface area contributed by atoms with Gasteiger partial charge in [-0.1, -0.05) is 28.1 Å². The standard InChI is InChI=1S/C10H7BrN2O/c11-8-3-1-7(2-4-8)10-12-6-5-9(14)13-10/h1-6H,(H,12,13,14). The monoisotopic (exact) mass is 250 g/mol. The van der Waals surface area contributed by atoms with Crippen LogP contribution in [0.15, 0.2) is 45.8 Å². The minimum atomic E-state index is -0.141. The number of nitrogens with zero attached hydrogens (tertiary/aromatic N) is 1. The van der Waals surface area contributed by atoms with Gasteiger partial charge in [0.2, 0.25) is 0 Å². The molecule has 2 aromatic rings. The Kier molecular flexibility index (Phi) is 2.45. The normalized spacial score (nSPS) is 10.1. The average molecular weight is 251 g/mol. The van der Waals surface area contributed by atoms with Gasteiger partial charge >= 0.3 is 0 Å². The summed E-state index contributed by atoms with van der Waals surface area (Å²) in [6.07, 6.45) is 1.50. The summed E-state index contributed by atoms with van der Waals surface area (Å²) in [6.45, 7) is 0. The first-order chi connectivity index (χ1) is 6.75. The molecule has 0 bridgehead atoms. The molecule has 1 heterocycles. The topological polar surface area (TPSA) is 45.8 Å². The maximum absolute atomic E-state index is 11.0. The van der Waals surface area contributed by atoms with E-state index in [0.29, 0.717) is 5.82 Å². The van der Waals surface area contributed by atoms with Crippen LogP contribution in [0.25, 0.3) is 11.4 Å². The number of benzene rings is 1. The van der Waals surface area contributed by atoms with E-state index in [2.05, 4.69) is 25.9 Å². The van der Waals surface area contributed by atoms with Crippen LogP contribution >= 0.6 is 15.9 Å². The largest absolute Gasteiger partial charge is 0.307 e. The molecule has 0 radical (unpaired) electrons. The number of rotatable bonds is 1. The van der Waals surface area contributed by atoms with Crippen molar-refractivity contribution < 1.29 is 0 Å². The van der Waals surface area contributed by atoms with E-state index in [4.69, 9.17) is 0 Å². The minimum Gasteiger partial charge on any atom is -0.307 e. The van der Waals surface area contributed by atoms with Crippen molar-refractivity contribution >= 4 is 15.9 Å². The Hall–Kier alpha value is -1.42. The molecule has 0 saturated heterocycles. The predicted octanol–water partition coefficient (Wildman–Crippen LogP) is 2.20. The molecule has 0 aliphatic rings. The summed E-state index contributed by atoms with van der Waals surface area (Å²) in [6, 6.07) is 8.98. The zero-order valence-electron chi connectivity index (χ0n) is 7.20. The highest BCUT2D eigenvalue weighted by molar-refractivity contribution is 9.10. The zero-order chi connectivity index (χ0) is 9.97. The van der Waals surface area contributed by atoms with Crippen molar-refractivity contribution in [3.8, 4) is 11.4 Å². The summed E-state index contributed by atoms with van der Waals surface area (Å²) in [5, 5.41) is 0. The van der Waals surface area contributed by atoms with E-state index in [1.807, 2.05) is 24.3 Å². The minimum absolute atomic E-state index is 0.141. The second-order valence-corrected chi connectivity index (χ2v) is 3.71. The van der Waals surface area contributed by atoms with Crippen molar-refractivity contribution in [2.45, 2.75) is 0 Å². The molecule has 1 N–H and O–H groups in total. The van der Waals surface area contributed by atoms with Gasteiger partial charge in [0.1, 0.15) is 5.82 Å². The molecule has 1 aromatic heterocycles. The van der Waals surface area contributed by atoms with Crippen molar-refractivity contribution in [1.82, 2.24) is 9.97 Å². The third-order valence-corrected chi connectivity index (χ3v) is 2.32. The number of aromatic amines is 1. The maximum Gasteiger partial charge on any atom is 0.251 e. The molecular weight excluding hydrogens is 244 g/mol. The fourth-order valence-corrected chi connectivity index (χ4v) is 1.39. The Morgan fingerprint density at radius 1 is 1.14 bits per heavy atom. The molecular formula is C10H7BrN2O. The maximum atomic E-state index is 11.0. The average Bonchev–Trinajstić information content (AvgIpc) is 2.19. The Bertz CT molecular complexity index is 490. The molecule has 0 spiro atoms. The third-order valence-electron chi connectivity index (χ3n) is 1.79. The van der Waals surface area contributed by atoms with Crippen LogP contribution in [0, 0.1) is 0 Å². The highest BCUT2D eigenvalue weighted by Gasteiger charge is 1.98. The van der Waals surface area contributed by atoms with Crippen molar-refractivity contribution in [1.29, 1.82) is 0 Å². The SMILES string of the molecule is O=c1ccnc(-c2ccc(Br)cc2)[nH]1. The van der Waals surface area contributed by atoms with Gasteiger partial charge in [0, 0.05) is 22.3 Å². The number of aromatic nitrogens is 2. The van der Waals surface area contributed by atoms with Crippen LogP contribution in [0.4, 0.5) is 0 Å². The second-order valence-electron chi connectivity index (χ2n) is 2.79. The van der Waals surface area contributed by atoms with Gasteiger partial charge in [-0.3, -0.25) is 4.79 Å². The van der Waals surface area contributed by atoms with Crippen LogP contribution in [0.1, 0.15) is 0 Å². The number of nitrogens with one attached hydrogen (secondary N) is 1. The zero-order valence-corrected chi connectivity index (χ0v) is 8.78. The molecule has 4 heteroatoms. The molecule has 0 saturated carbocycles. The lowest BCUT2D eigenvalue weighted by atomic mass is 10.2. The first kappa shape index (κ1) is 9.15. The van der Waals surface area contributed by atoms with Crippen molar-refractivity contribution in [2.75, 3.05) is 0 Å². The van der Waals surface area contributed by atoms with Crippen molar-refractivity contribution in [3.63, 3.8) is 0 Å². The molecule has 0 unspecified atom stereocenters. The molecule has 2 rings (SSSR count). The van der Waals surface area contributed by atoms with Crippen LogP contribution in [0.2, 0.25) is 0 Å². The van der Waals surface area contributed by atoms with E-state index >= 15 is 0 Å². The molecule has 1 aromatic carbocycles. The van der Waals surface area contributed by atoms with E-state index in [-0.39, 0.29) is 5.56 Å². The van der Waals surface area contributed by atoms with Crippen LogP contribution in [0.3, 0.4) is 0 Å². The van der Waals surface area contributed by atoms with Crippen LogP contribution in [-0.2, 0) is 0 Å². The number of hydrogen-bond acceptors (Lipinski definition) is 2. The van der Waals surface area contributed by atoms with Gasteiger partial charge in [-0.05, 0) is 12.1 Å². The molecule has 0 aliphatic heterocycles. The predicted molar refractivity (Wildman–Crippen MR) is 58.0 cm³/mol. The van der Waals surface area contributed by atoms with Gasteiger partial charge in [0.05, 0.1) is 0 Å². The van der Waals surface area contributed by atoms with E-state index in [0.717, 1.165) is 10.0 Å². The molecule has 3 nitrogen and oxygen atoms in total. The molecule has 0 atom stereocenters. The van der Waals surface area contributed by atoms with E-state index < -0.39 is 0 Å². The van der Waals surface area contributed by atoms with E-state index in [1.165, 1.54) is 12.3 Å². The highest BCUT2D eigenvalue weighted by atomic mass is 79.9. The Balaban J connectivity index is 2.50. The third kappa shape index (κ3) is 1.90. The lowest BCUT2D eigenvalue weighted by Crippen LogP contribution is -2.05. The summed E-state index contributed by atoms with van der Waals surface area (Å²) in [5.41, 5.74) is 0.754. The smallest absolute Gasteiger partial charge is 0.251 e. The van der Waals surface area contributed by atoms with Crippen LogP contribution < -0.4 is 5.56 Å². The van der Waals surface area contributed by atoms with Gasteiger partial charge in [0.15, 0.2) is 0 Å². The summed E-state index contributed by atoms with van der Waals surface area (Å²) < 4.78 is 1.000. The molecule has 0 aliphatic carbocycles. The molecule has 0 fully saturated rings. The second kappa shape index (κ2) is 3.75. The van der Waals surface area contributed by atoms with Crippen LogP contribution in [-0.4, -0.2) is 9.97 Å². The van der Waals surface area contributed by atoms with E-state index in [9.17, 15) is 4.79 Å². The highest BCUT2D eigenvalue weighted by Crippen LogP contribution is 2.16. The quantitative estimate of drug-likeness (QED) is 0.844. The Labute approximate surface area is 89.0 Å². The number of halogens is 1. The Morgan fingerprint density at radius 3 is 2.50 bits per heavy atom. The molecule has 14 heavy (non-hydrogen) atoms. The van der Waals surface area contributed by atoms with Crippen molar-refractivity contribution in [2.24, 2.45) is 0 Å². The van der Waals surface area contributed by atoms with Gasteiger partial charge < -0.3 is 4.98 Å². The lowest BCUT2D eigenvalue weighted by Gasteiger charge is -1.99. The van der Waals surface area contributed by atoms with Gasteiger partial charge in [-0.15, -0.1) is 0 Å². The van der Waals surface area contributed by atoms with Crippen LogP contribution in [0.5, 0.6) is 0 Å². The fraction of sp³-hybridized carbons (Fsp3) is 0. The summed E-state index contributed by atoms with van der Waals surface area (Å²) in [7, 11) is 0. The summed E-state index contributed by atoms with van der Waals surface area (Å²) >= 11 is 3.34. The number of hydrogen-bond donors (Lipinski definition) is 1. The summed E-state index contributed by atoms with van der Waals surface area (Å²) in [4.78, 5) is 17.8. The summed E-state index contributed by atoms with van der Waals surface area (Å²) in [5.74, 6) is 0.588. The number of H-pyrrole nitrogens is 1.